The van der Waals surface area contributed by atoms with Crippen LogP contribution < -0.4 is 26.6 Å². The summed E-state index contributed by atoms with van der Waals surface area (Å²) in [7, 11) is 0. The van der Waals surface area contributed by atoms with Crippen molar-refractivity contribution in [3.63, 3.8) is 0 Å². The van der Waals surface area contributed by atoms with E-state index in [1.54, 1.807) is 0 Å². The Morgan fingerprint density at radius 2 is 1.68 bits per heavy atom. The lowest BCUT2D eigenvalue weighted by atomic mass is 9.90. The van der Waals surface area contributed by atoms with Gasteiger partial charge in [0.25, 0.3) is 5.91 Å². The maximum absolute atomic E-state index is 12.7. The Balaban J connectivity index is 0.00000336. The second-order valence-electron chi connectivity index (χ2n) is 10.2. The van der Waals surface area contributed by atoms with Gasteiger partial charge in [-0.2, -0.15) is 4.98 Å². The number of nitrogens with two attached hydrogens (primary N) is 1. The van der Waals surface area contributed by atoms with Gasteiger partial charge in [-0.15, -0.1) is 22.6 Å². The summed E-state index contributed by atoms with van der Waals surface area (Å²) in [5.41, 5.74) is 7.69. The van der Waals surface area contributed by atoms with Crippen LogP contribution >= 0.6 is 12.4 Å². The Morgan fingerprint density at radius 3 is 2.39 bits per heavy atom. The van der Waals surface area contributed by atoms with E-state index in [0.29, 0.717) is 18.4 Å². The fourth-order valence-electron chi connectivity index (χ4n) is 5.47. The van der Waals surface area contributed by atoms with Crippen molar-refractivity contribution in [1.82, 2.24) is 30.7 Å². The number of anilines is 3. The number of aromatic nitrogens is 3. The van der Waals surface area contributed by atoms with E-state index in [2.05, 4.69) is 43.3 Å². The average molecular weight is 544 g/mol. The van der Waals surface area contributed by atoms with Gasteiger partial charge in [0.15, 0.2) is 11.5 Å². The van der Waals surface area contributed by atoms with E-state index < -0.39 is 5.91 Å². The maximum Gasteiger partial charge on any atom is 0.317 e. The van der Waals surface area contributed by atoms with Gasteiger partial charge in [0.05, 0.1) is 0 Å². The first-order chi connectivity index (χ1) is 18.1. The summed E-state index contributed by atoms with van der Waals surface area (Å²) < 4.78 is 0. The van der Waals surface area contributed by atoms with E-state index in [-0.39, 0.29) is 36.0 Å². The summed E-state index contributed by atoms with van der Waals surface area (Å²) in [5, 5.41) is 18.1. The number of nitrogens with zero attached hydrogens (tertiary/aromatic N) is 5. The van der Waals surface area contributed by atoms with Crippen LogP contribution in [-0.2, 0) is 0 Å². The number of piperidine rings is 3. The minimum atomic E-state index is -0.689. The minimum absolute atomic E-state index is 0. The van der Waals surface area contributed by atoms with Crippen molar-refractivity contribution in [2.45, 2.75) is 56.9 Å². The molecule has 3 amide bonds. The molecule has 0 saturated carbocycles. The third kappa shape index (κ3) is 6.82. The number of hydrogen-bond acceptors (Lipinski definition) is 8. The van der Waals surface area contributed by atoms with Crippen LogP contribution in [0, 0.1) is 0 Å². The Kier molecular flexibility index (Phi) is 9.57. The SMILES string of the molecule is Cl.NC(=O)c1nnc(N2CCC[C@@H](NC(=O)N3CCCCC3)C2)nc1Nc1ccc(C2CCNCC2)cc1. The smallest absolute Gasteiger partial charge is 0.317 e. The van der Waals surface area contributed by atoms with E-state index in [1.807, 2.05) is 21.9 Å². The molecule has 38 heavy (non-hydrogen) atoms. The first-order valence-corrected chi connectivity index (χ1v) is 13.5. The van der Waals surface area contributed by atoms with Crippen LogP contribution in [0.3, 0.4) is 0 Å². The van der Waals surface area contributed by atoms with Crippen molar-refractivity contribution < 1.29 is 9.59 Å². The quantitative estimate of drug-likeness (QED) is 0.436. The zero-order valence-corrected chi connectivity index (χ0v) is 22.5. The third-order valence-electron chi connectivity index (χ3n) is 7.57. The average Bonchev–Trinajstić information content (AvgIpc) is 2.94. The molecule has 3 aliphatic heterocycles. The summed E-state index contributed by atoms with van der Waals surface area (Å²) in [6.45, 7) is 5.05. The summed E-state index contributed by atoms with van der Waals surface area (Å²) in [5.74, 6) is 0.569. The second kappa shape index (κ2) is 13.1. The number of primary amides is 1. The normalized spacial score (nSPS) is 20.4. The van der Waals surface area contributed by atoms with Crippen molar-refractivity contribution in [2.24, 2.45) is 5.73 Å². The molecule has 2 aromatic rings. The van der Waals surface area contributed by atoms with Gasteiger partial charge in [-0.3, -0.25) is 4.79 Å². The lowest BCUT2D eigenvalue weighted by molar-refractivity contribution is 0.0995. The molecule has 1 aromatic carbocycles. The number of halogens is 1. The predicted molar refractivity (Wildman–Crippen MR) is 149 cm³/mol. The molecular formula is C26H38ClN9O2. The number of carbonyl (C=O) groups excluding carboxylic acids is 2. The highest BCUT2D eigenvalue weighted by Gasteiger charge is 2.27. The lowest BCUT2D eigenvalue weighted by Crippen LogP contribution is -2.52. The number of likely N-dealkylation sites (tertiary alicyclic amines) is 1. The molecule has 0 unspecified atom stereocenters. The molecule has 3 saturated heterocycles. The first-order valence-electron chi connectivity index (χ1n) is 13.5. The van der Waals surface area contributed by atoms with Gasteiger partial charge in [0.2, 0.25) is 5.95 Å². The molecule has 3 aliphatic rings. The van der Waals surface area contributed by atoms with Gasteiger partial charge in [0, 0.05) is 37.9 Å². The topological polar surface area (TPSA) is 141 Å². The van der Waals surface area contributed by atoms with Crippen molar-refractivity contribution in [3.05, 3.63) is 35.5 Å². The molecule has 206 valence electrons. The van der Waals surface area contributed by atoms with E-state index in [1.165, 1.54) is 12.0 Å². The molecule has 0 spiro atoms. The Hall–Kier alpha value is -3.18. The van der Waals surface area contributed by atoms with Crippen LogP contribution in [0.15, 0.2) is 24.3 Å². The van der Waals surface area contributed by atoms with Crippen LogP contribution in [0.1, 0.15) is 66.9 Å². The van der Waals surface area contributed by atoms with Crippen LogP contribution in [0.4, 0.5) is 22.2 Å². The van der Waals surface area contributed by atoms with Crippen LogP contribution in [0.25, 0.3) is 0 Å². The standard InChI is InChI=1S/C26H37N9O2.ClH/c27-23(36)22-24(29-20-8-6-18(7-9-20)19-10-12-28-13-11-19)31-25(33-32-22)35-16-4-5-21(17-35)30-26(37)34-14-2-1-3-15-34;/h6-9,19,21,28H,1-5,10-17H2,(H2,27,36)(H,30,37)(H,29,31,33);1H/t21-;/m1./s1. The van der Waals surface area contributed by atoms with Gasteiger partial charge in [-0.1, -0.05) is 12.1 Å². The summed E-state index contributed by atoms with van der Waals surface area (Å²) in [6, 6.07) is 8.25. The number of rotatable bonds is 6. The van der Waals surface area contributed by atoms with Crippen molar-refractivity contribution in [1.29, 1.82) is 0 Å². The molecule has 0 bridgehead atoms. The number of benzene rings is 1. The number of amides is 3. The Bertz CT molecular complexity index is 1090. The van der Waals surface area contributed by atoms with Crippen LogP contribution in [0.5, 0.6) is 0 Å². The molecule has 0 aliphatic carbocycles. The molecule has 12 heteroatoms. The first kappa shape index (κ1) is 27.8. The van der Waals surface area contributed by atoms with Gasteiger partial charge in [-0.05, 0) is 81.6 Å². The minimum Gasteiger partial charge on any atom is -0.364 e. The molecular weight excluding hydrogens is 506 g/mol. The summed E-state index contributed by atoms with van der Waals surface area (Å²) in [4.78, 5) is 33.3. The van der Waals surface area contributed by atoms with Crippen molar-refractivity contribution >= 4 is 41.8 Å². The van der Waals surface area contributed by atoms with E-state index in [4.69, 9.17) is 5.73 Å². The maximum atomic E-state index is 12.7. The molecule has 1 atom stereocenters. The fourth-order valence-corrected chi connectivity index (χ4v) is 5.47. The molecule has 5 rings (SSSR count). The molecule has 4 heterocycles. The zero-order valence-electron chi connectivity index (χ0n) is 21.7. The predicted octanol–water partition coefficient (Wildman–Crippen LogP) is 2.77. The molecule has 11 nitrogen and oxygen atoms in total. The van der Waals surface area contributed by atoms with E-state index >= 15 is 0 Å². The number of urea groups is 1. The number of carbonyl (C=O) groups is 2. The third-order valence-corrected chi connectivity index (χ3v) is 7.57. The zero-order chi connectivity index (χ0) is 25.6. The van der Waals surface area contributed by atoms with Crippen LogP contribution in [-0.4, -0.2) is 77.3 Å². The van der Waals surface area contributed by atoms with Gasteiger partial charge in [-0.25, -0.2) is 4.79 Å². The van der Waals surface area contributed by atoms with E-state index in [0.717, 1.165) is 76.9 Å². The second-order valence-corrected chi connectivity index (χ2v) is 10.2. The Labute approximate surface area is 229 Å². The van der Waals surface area contributed by atoms with E-state index in [9.17, 15) is 9.59 Å². The van der Waals surface area contributed by atoms with Gasteiger partial charge < -0.3 is 31.5 Å². The molecule has 1 aromatic heterocycles. The highest BCUT2D eigenvalue weighted by Crippen LogP contribution is 2.28. The fraction of sp³-hybridized carbons (Fsp3) is 0.577. The molecule has 5 N–H and O–H groups in total. The molecule has 3 fully saturated rings. The highest BCUT2D eigenvalue weighted by atomic mass is 35.5. The monoisotopic (exact) mass is 543 g/mol. The largest absolute Gasteiger partial charge is 0.364 e. The van der Waals surface area contributed by atoms with Gasteiger partial charge in [0.1, 0.15) is 0 Å². The summed E-state index contributed by atoms with van der Waals surface area (Å²) in [6.07, 6.45) is 7.37. The molecule has 0 radical (unpaired) electrons. The number of nitrogens with one attached hydrogen (secondary N) is 3. The number of hydrogen-bond donors (Lipinski definition) is 4. The summed E-state index contributed by atoms with van der Waals surface area (Å²) >= 11 is 0. The highest BCUT2D eigenvalue weighted by molar-refractivity contribution is 5.96. The van der Waals surface area contributed by atoms with Gasteiger partial charge >= 0.3 is 6.03 Å². The van der Waals surface area contributed by atoms with Crippen LogP contribution in [0.2, 0.25) is 0 Å². The lowest BCUT2D eigenvalue weighted by Gasteiger charge is -2.35. The van der Waals surface area contributed by atoms with Crippen molar-refractivity contribution in [3.8, 4) is 0 Å². The Morgan fingerprint density at radius 1 is 0.947 bits per heavy atom. The van der Waals surface area contributed by atoms with Crippen molar-refractivity contribution in [2.75, 3.05) is 49.5 Å².